The third-order valence-electron chi connectivity index (χ3n) is 6.20. The molecule has 2 nitrogen and oxygen atoms in total. The maximum Gasteiger partial charge on any atom is 0.174 e. The highest BCUT2D eigenvalue weighted by atomic mass is 32.2. The molecule has 0 bridgehead atoms. The normalized spacial score (nSPS) is 11.8. The van der Waals surface area contributed by atoms with Crippen LogP contribution in [-0.4, -0.2) is 35.4 Å². The van der Waals surface area contributed by atoms with Crippen LogP contribution in [0.2, 0.25) is 0 Å². The largest absolute Gasteiger partial charge is 0.304 e. The molecule has 0 spiro atoms. The molecule has 0 saturated heterocycles. The summed E-state index contributed by atoms with van der Waals surface area (Å²) < 4.78 is 2.59. The summed E-state index contributed by atoms with van der Waals surface area (Å²) in [5.74, 6) is 0. The smallest absolute Gasteiger partial charge is 0.174 e. The molecule has 0 amide bonds. The molecule has 4 aromatic carbocycles. The van der Waals surface area contributed by atoms with Crippen molar-refractivity contribution in [3.8, 4) is 0 Å². The summed E-state index contributed by atoms with van der Waals surface area (Å²) in [5, 5.41) is 5.28. The predicted octanol–water partition coefficient (Wildman–Crippen LogP) is 6.71. The quantitative estimate of drug-likeness (QED) is 0.144. The fraction of sp³-hybridized carbons (Fsp3) is 0.310. The molecule has 32 heavy (non-hydrogen) atoms. The zero-order valence-electron chi connectivity index (χ0n) is 19.4. The van der Waals surface area contributed by atoms with Gasteiger partial charge in [0, 0.05) is 12.6 Å². The topological polar surface area (TPSA) is 6.48 Å². The Labute approximate surface area is 197 Å². The lowest BCUT2D eigenvalue weighted by molar-refractivity contribution is 0.291. The van der Waals surface area contributed by atoms with Gasteiger partial charge in [0.05, 0.1) is 18.5 Å². The zero-order chi connectivity index (χ0) is 22.2. The highest BCUT2D eigenvalue weighted by molar-refractivity contribution is 7.76. The van der Waals surface area contributed by atoms with E-state index >= 15 is 0 Å². The van der Waals surface area contributed by atoms with Gasteiger partial charge in [-0.15, -0.1) is 4.31 Å². The van der Waals surface area contributed by atoms with Gasteiger partial charge in [0.25, 0.3) is 0 Å². The van der Waals surface area contributed by atoms with E-state index in [1.54, 1.807) is 0 Å². The molecule has 3 heteroatoms. The molecule has 0 aliphatic carbocycles. The minimum absolute atomic E-state index is 0.977. The van der Waals surface area contributed by atoms with Gasteiger partial charge in [0.15, 0.2) is 4.90 Å². The molecule has 0 fully saturated rings. The summed E-state index contributed by atoms with van der Waals surface area (Å²) in [5.41, 5.74) is 1.39. The summed E-state index contributed by atoms with van der Waals surface area (Å²) in [6.07, 6.45) is 2.48. The van der Waals surface area contributed by atoms with Crippen LogP contribution in [0.4, 0.5) is 0 Å². The van der Waals surface area contributed by atoms with Gasteiger partial charge in [-0.25, -0.2) is 0 Å². The molecule has 0 heterocycles. The zero-order valence-corrected chi connectivity index (χ0v) is 20.3. The molecule has 0 unspecified atom stereocenters. The molecule has 4 rings (SSSR count). The predicted molar refractivity (Wildman–Crippen MR) is 142 cm³/mol. The van der Waals surface area contributed by atoms with Crippen LogP contribution in [0.5, 0.6) is 0 Å². The highest BCUT2D eigenvalue weighted by Crippen LogP contribution is 2.21. The van der Waals surface area contributed by atoms with E-state index in [1.165, 1.54) is 63.3 Å². The molecule has 0 saturated carbocycles. The number of hydrogen-bond acceptors (Lipinski definition) is 2. The van der Waals surface area contributed by atoms with E-state index in [1.807, 2.05) is 0 Å². The van der Waals surface area contributed by atoms with Gasteiger partial charge >= 0.3 is 0 Å². The second kappa shape index (κ2) is 11.5. The molecule has 0 atom stereocenters. The average molecular weight is 444 g/mol. The monoisotopic (exact) mass is 443 g/mol. The maximum atomic E-state index is 2.59. The van der Waals surface area contributed by atoms with Crippen molar-refractivity contribution in [3.05, 3.63) is 90.5 Å². The van der Waals surface area contributed by atoms with E-state index < -0.39 is 0 Å². The average Bonchev–Trinajstić information content (AvgIpc) is 2.84. The standard InChI is InChI=1S/C29H34N2S/c1-3-30(4-2)19-9-10-20-31(23-24-15-16-25-11-5-7-13-27(25)21-24)32-29-18-17-26-12-6-8-14-28(26)22-29/h5-8,11-18,21-22H,3-4,9-10,19-20,23H2,1-2H3/p+1. The van der Waals surface area contributed by atoms with Crippen LogP contribution in [0.3, 0.4) is 0 Å². The fourth-order valence-electron chi connectivity index (χ4n) is 4.28. The first kappa shape index (κ1) is 22.8. The molecule has 0 aromatic heterocycles. The van der Waals surface area contributed by atoms with Crippen LogP contribution in [0.25, 0.3) is 21.5 Å². The highest BCUT2D eigenvalue weighted by Gasteiger charge is 2.17. The number of fused-ring (bicyclic) bond motifs is 2. The van der Waals surface area contributed by atoms with Crippen molar-refractivity contribution in [1.29, 1.82) is 0 Å². The van der Waals surface area contributed by atoms with Crippen LogP contribution < -0.4 is 0 Å². The fourth-order valence-corrected chi connectivity index (χ4v) is 5.42. The van der Waals surface area contributed by atoms with Crippen LogP contribution in [0.15, 0.2) is 89.8 Å². The van der Waals surface area contributed by atoms with Crippen LogP contribution in [0.1, 0.15) is 32.3 Å². The number of nitrogens with zero attached hydrogens (tertiary/aromatic N) is 2. The van der Waals surface area contributed by atoms with Crippen molar-refractivity contribution in [3.63, 3.8) is 0 Å². The molecule has 0 N–H and O–H groups in total. The van der Waals surface area contributed by atoms with Crippen molar-refractivity contribution in [2.24, 2.45) is 0 Å². The van der Waals surface area contributed by atoms with Gasteiger partial charge in [0.1, 0.15) is 0 Å². The van der Waals surface area contributed by atoms with Crippen molar-refractivity contribution in [1.82, 2.24) is 9.21 Å². The molecular weight excluding hydrogens is 408 g/mol. The summed E-state index contributed by atoms with van der Waals surface area (Å²) >= 11 is 1.29. The first-order valence-corrected chi connectivity index (χ1v) is 12.8. The maximum absolute atomic E-state index is 2.59. The summed E-state index contributed by atoms with van der Waals surface area (Å²) in [7, 11) is 0. The Morgan fingerprint density at radius 3 is 1.91 bits per heavy atom. The second-order valence-corrected chi connectivity index (χ2v) is 9.72. The van der Waals surface area contributed by atoms with Gasteiger partial charge in [-0.05, 0) is 77.8 Å². The van der Waals surface area contributed by atoms with E-state index in [0.717, 1.165) is 26.2 Å². The van der Waals surface area contributed by atoms with Crippen molar-refractivity contribution < 1.29 is 0 Å². The number of benzene rings is 4. The van der Waals surface area contributed by atoms with E-state index in [-0.39, 0.29) is 0 Å². The number of unbranched alkanes of at least 4 members (excludes halogenated alkanes) is 1. The molecule has 166 valence electrons. The van der Waals surface area contributed by atoms with Crippen molar-refractivity contribution >= 4 is 33.5 Å². The summed E-state index contributed by atoms with van der Waals surface area (Å²) in [4.78, 5) is 3.89. The Morgan fingerprint density at radius 1 is 0.625 bits per heavy atom. The minimum Gasteiger partial charge on any atom is -0.304 e. The Morgan fingerprint density at radius 2 is 1.22 bits per heavy atom. The minimum atomic E-state index is 0.977. The van der Waals surface area contributed by atoms with Gasteiger partial charge < -0.3 is 4.90 Å². The van der Waals surface area contributed by atoms with Crippen LogP contribution in [0, 0.1) is 0 Å². The molecule has 0 aliphatic rings. The summed E-state index contributed by atoms with van der Waals surface area (Å²) in [6.45, 7) is 10.1. The summed E-state index contributed by atoms with van der Waals surface area (Å²) in [6, 6.07) is 31.1. The number of rotatable bonds is 11. The lowest BCUT2D eigenvalue weighted by Crippen LogP contribution is -2.26. The van der Waals surface area contributed by atoms with Crippen molar-refractivity contribution in [2.75, 3.05) is 26.2 Å². The molecular formula is C29H35N2S+. The molecule has 0 radical (unpaired) electrons. The van der Waals surface area contributed by atoms with Gasteiger partial charge in [0.2, 0.25) is 0 Å². The first-order valence-electron chi connectivity index (χ1n) is 11.9. The number of thiol groups is 1. The van der Waals surface area contributed by atoms with E-state index in [0.29, 0.717) is 0 Å². The van der Waals surface area contributed by atoms with Gasteiger partial charge in [-0.3, -0.25) is 0 Å². The Kier molecular flexibility index (Phi) is 8.22. The Bertz CT molecular complexity index is 1050. The second-order valence-electron chi connectivity index (χ2n) is 8.44. The van der Waals surface area contributed by atoms with Crippen LogP contribution in [-0.2, 0) is 18.5 Å². The molecule has 4 aromatic rings. The lowest BCUT2D eigenvalue weighted by atomic mass is 10.1. The van der Waals surface area contributed by atoms with E-state index in [2.05, 4.69) is 108 Å². The Balaban J connectivity index is 1.48. The Hall–Kier alpha value is -2.33. The van der Waals surface area contributed by atoms with Crippen molar-refractivity contribution in [2.45, 2.75) is 38.1 Å². The van der Waals surface area contributed by atoms with Crippen LogP contribution >= 0.6 is 0 Å². The third kappa shape index (κ3) is 6.13. The third-order valence-corrected chi connectivity index (χ3v) is 7.34. The van der Waals surface area contributed by atoms with Gasteiger partial charge in [-0.2, -0.15) is 0 Å². The van der Waals surface area contributed by atoms with Gasteiger partial charge in [-0.1, -0.05) is 74.5 Å². The van der Waals surface area contributed by atoms with E-state index in [4.69, 9.17) is 0 Å². The lowest BCUT2D eigenvalue weighted by Gasteiger charge is -2.19. The molecule has 0 aliphatic heterocycles. The SMILES string of the molecule is CCN(CC)CCCCN(Cc1ccc2ccccc2c1)[SH+]c1ccc2ccccc2c1. The van der Waals surface area contributed by atoms with E-state index in [9.17, 15) is 0 Å². The number of hydrogen-bond donors (Lipinski definition) is 0. The first-order chi connectivity index (χ1) is 15.7.